The van der Waals surface area contributed by atoms with E-state index in [1.807, 2.05) is 6.07 Å². The molecule has 0 saturated carbocycles. The zero-order valence-electron chi connectivity index (χ0n) is 10.5. The first-order chi connectivity index (χ1) is 9.63. The predicted octanol–water partition coefficient (Wildman–Crippen LogP) is 2.90. The molecule has 0 heterocycles. The van der Waals surface area contributed by atoms with Crippen LogP contribution in [-0.2, 0) is 0 Å². The highest BCUT2D eigenvalue weighted by molar-refractivity contribution is 6.15. The summed E-state index contributed by atoms with van der Waals surface area (Å²) in [5.41, 5.74) is 14.4. The number of fused-ring (bicyclic) bond motifs is 2. The van der Waals surface area contributed by atoms with Crippen molar-refractivity contribution in [3.8, 4) is 12.1 Å². The molecule has 0 amide bonds. The van der Waals surface area contributed by atoms with Gasteiger partial charge in [-0.1, -0.05) is 0 Å². The van der Waals surface area contributed by atoms with Gasteiger partial charge in [-0.2, -0.15) is 10.5 Å². The fourth-order valence-corrected chi connectivity index (χ4v) is 2.46. The molecule has 0 aliphatic rings. The summed E-state index contributed by atoms with van der Waals surface area (Å²) >= 11 is 0. The molecule has 0 spiro atoms. The Morgan fingerprint density at radius 3 is 2.20 bits per heavy atom. The van der Waals surface area contributed by atoms with Crippen molar-refractivity contribution in [2.45, 2.75) is 0 Å². The maximum Gasteiger partial charge on any atom is 0.0992 e. The monoisotopic (exact) mass is 258 g/mol. The molecule has 0 fully saturated rings. The van der Waals surface area contributed by atoms with Crippen LogP contribution >= 0.6 is 0 Å². The van der Waals surface area contributed by atoms with Gasteiger partial charge in [0.05, 0.1) is 23.3 Å². The Bertz CT molecular complexity index is 943. The Morgan fingerprint density at radius 1 is 0.800 bits per heavy atom. The van der Waals surface area contributed by atoms with Crippen LogP contribution in [0, 0.1) is 22.7 Å². The van der Waals surface area contributed by atoms with Gasteiger partial charge in [-0.25, -0.2) is 0 Å². The van der Waals surface area contributed by atoms with Crippen LogP contribution in [0.25, 0.3) is 21.5 Å². The Kier molecular flexibility index (Phi) is 2.45. The second-order valence-corrected chi connectivity index (χ2v) is 4.61. The lowest BCUT2D eigenvalue weighted by Gasteiger charge is -2.04. The minimum atomic E-state index is 0.512. The van der Waals surface area contributed by atoms with E-state index in [0.29, 0.717) is 27.9 Å². The van der Waals surface area contributed by atoms with E-state index in [2.05, 4.69) is 12.1 Å². The standard InChI is InChI=1S/C16H10N4/c17-7-9-1-2-14(19)15-12(3-9)6-11-4-10(8-18)5-13(11)16(15)20/h1-6H,19-20H2. The van der Waals surface area contributed by atoms with Crippen molar-refractivity contribution >= 4 is 32.9 Å². The van der Waals surface area contributed by atoms with E-state index in [0.717, 1.165) is 16.2 Å². The van der Waals surface area contributed by atoms with E-state index >= 15 is 0 Å². The largest absolute Gasteiger partial charge is 0.398 e. The number of nitrogens with zero attached hydrogens (tertiary/aromatic N) is 2. The molecule has 0 aliphatic carbocycles. The Labute approximate surface area is 115 Å². The number of nitrogens with two attached hydrogens (primary N) is 2. The van der Waals surface area contributed by atoms with Crippen molar-refractivity contribution in [2.24, 2.45) is 0 Å². The molecular weight excluding hydrogens is 248 g/mol. The molecule has 20 heavy (non-hydrogen) atoms. The molecule has 3 aromatic rings. The number of hydrogen-bond donors (Lipinski definition) is 2. The van der Waals surface area contributed by atoms with Gasteiger partial charge in [0.2, 0.25) is 0 Å². The van der Waals surface area contributed by atoms with Crippen LogP contribution in [0.15, 0.2) is 36.4 Å². The van der Waals surface area contributed by atoms with E-state index in [1.165, 1.54) is 0 Å². The van der Waals surface area contributed by atoms with Gasteiger partial charge < -0.3 is 11.5 Å². The minimum absolute atomic E-state index is 0.512. The third kappa shape index (κ3) is 1.60. The summed E-state index contributed by atoms with van der Waals surface area (Å²) in [6.07, 6.45) is 0. The number of benzene rings is 1. The van der Waals surface area contributed by atoms with Gasteiger partial charge >= 0.3 is 0 Å². The fraction of sp³-hybridized carbons (Fsp3) is 0. The van der Waals surface area contributed by atoms with Crippen molar-refractivity contribution in [3.63, 3.8) is 0 Å². The van der Waals surface area contributed by atoms with Crippen molar-refractivity contribution in [2.75, 3.05) is 11.5 Å². The third-order valence-electron chi connectivity index (χ3n) is 3.38. The third-order valence-corrected chi connectivity index (χ3v) is 3.38. The van der Waals surface area contributed by atoms with Gasteiger partial charge in [0.25, 0.3) is 0 Å². The van der Waals surface area contributed by atoms with Crippen LogP contribution in [0.5, 0.6) is 0 Å². The number of hydrogen-bond acceptors (Lipinski definition) is 4. The first kappa shape index (κ1) is 11.8. The van der Waals surface area contributed by atoms with Crippen LogP contribution in [0.1, 0.15) is 11.1 Å². The van der Waals surface area contributed by atoms with E-state index in [4.69, 9.17) is 22.0 Å². The molecule has 4 nitrogen and oxygen atoms in total. The quantitative estimate of drug-likeness (QED) is 0.605. The van der Waals surface area contributed by atoms with Gasteiger partial charge in [0.1, 0.15) is 0 Å². The van der Waals surface area contributed by atoms with Crippen molar-refractivity contribution in [1.82, 2.24) is 0 Å². The maximum absolute atomic E-state index is 9.06. The number of nitriles is 2. The Morgan fingerprint density at radius 2 is 1.50 bits per heavy atom. The molecule has 3 rings (SSSR count). The van der Waals surface area contributed by atoms with E-state index in [-0.39, 0.29) is 0 Å². The van der Waals surface area contributed by atoms with Gasteiger partial charge in [0.15, 0.2) is 0 Å². The van der Waals surface area contributed by atoms with Crippen LogP contribution in [0.4, 0.5) is 11.4 Å². The maximum atomic E-state index is 9.06. The SMILES string of the molecule is N#Cc1ccc(N)c2c(N)c3cc(C#N)cc3cc2c1. The first-order valence-corrected chi connectivity index (χ1v) is 5.99. The first-order valence-electron chi connectivity index (χ1n) is 5.99. The zero-order chi connectivity index (χ0) is 14.3. The minimum Gasteiger partial charge on any atom is -0.398 e. The average Bonchev–Trinajstić information content (AvgIpc) is 2.79. The molecule has 4 heteroatoms. The number of anilines is 2. The predicted molar refractivity (Wildman–Crippen MR) is 79.7 cm³/mol. The van der Waals surface area contributed by atoms with Gasteiger partial charge in [-0.05, 0) is 47.2 Å². The summed E-state index contributed by atoms with van der Waals surface area (Å²) < 4.78 is 0. The fourth-order valence-electron chi connectivity index (χ4n) is 2.46. The number of nitrogen functional groups attached to an aromatic ring is 2. The second kappa shape index (κ2) is 4.15. The van der Waals surface area contributed by atoms with Crippen LogP contribution in [0.3, 0.4) is 0 Å². The topological polar surface area (TPSA) is 99.6 Å². The average molecular weight is 258 g/mol. The zero-order valence-corrected chi connectivity index (χ0v) is 10.5. The summed E-state index contributed by atoms with van der Waals surface area (Å²) in [7, 11) is 0. The molecule has 0 bridgehead atoms. The summed E-state index contributed by atoms with van der Waals surface area (Å²) in [6.45, 7) is 0. The van der Waals surface area contributed by atoms with Gasteiger partial charge in [-0.3, -0.25) is 0 Å². The highest BCUT2D eigenvalue weighted by Gasteiger charge is 2.10. The molecule has 0 atom stereocenters. The van der Waals surface area contributed by atoms with E-state index in [9.17, 15) is 0 Å². The van der Waals surface area contributed by atoms with E-state index in [1.54, 1.807) is 30.3 Å². The molecule has 94 valence electrons. The highest BCUT2D eigenvalue weighted by Crippen LogP contribution is 2.35. The number of rotatable bonds is 0. The molecule has 0 aromatic heterocycles. The van der Waals surface area contributed by atoms with E-state index < -0.39 is 0 Å². The van der Waals surface area contributed by atoms with Crippen LogP contribution in [-0.4, -0.2) is 0 Å². The molecule has 0 unspecified atom stereocenters. The molecule has 0 aliphatic heterocycles. The van der Waals surface area contributed by atoms with Crippen molar-refractivity contribution in [1.29, 1.82) is 10.5 Å². The molecular formula is C16H10N4. The van der Waals surface area contributed by atoms with Gasteiger partial charge in [-0.15, -0.1) is 0 Å². The second-order valence-electron chi connectivity index (χ2n) is 4.61. The summed E-state index contributed by atoms with van der Waals surface area (Å²) in [6, 6.07) is 14.7. The Hall–Kier alpha value is -3.24. The van der Waals surface area contributed by atoms with Crippen molar-refractivity contribution < 1.29 is 0 Å². The molecule has 3 aromatic carbocycles. The summed E-state index contributed by atoms with van der Waals surface area (Å²) in [5.74, 6) is 0. The van der Waals surface area contributed by atoms with Gasteiger partial charge in [0, 0.05) is 22.1 Å². The molecule has 0 saturated heterocycles. The molecule has 4 N–H and O–H groups in total. The highest BCUT2D eigenvalue weighted by atomic mass is 14.6. The normalized spacial score (nSPS) is 10.3. The summed E-state index contributed by atoms with van der Waals surface area (Å²) in [4.78, 5) is 0. The lowest BCUT2D eigenvalue weighted by atomic mass is 10.1. The Balaban J connectivity index is 2.57. The van der Waals surface area contributed by atoms with Crippen LogP contribution in [0.2, 0.25) is 0 Å². The smallest absolute Gasteiger partial charge is 0.0992 e. The lowest BCUT2D eigenvalue weighted by molar-refractivity contribution is 1.50. The van der Waals surface area contributed by atoms with Crippen LogP contribution < -0.4 is 11.5 Å². The lowest BCUT2D eigenvalue weighted by Crippen LogP contribution is -1.91. The van der Waals surface area contributed by atoms with Crippen molar-refractivity contribution in [3.05, 3.63) is 47.5 Å². The summed E-state index contributed by atoms with van der Waals surface area (Å²) in [5, 5.41) is 21.2. The molecule has 0 radical (unpaired) electrons.